The van der Waals surface area contributed by atoms with Crippen molar-refractivity contribution < 1.29 is 17.9 Å². The summed E-state index contributed by atoms with van der Waals surface area (Å²) in [5.74, 6) is -0.132. The summed E-state index contributed by atoms with van der Waals surface area (Å²) >= 11 is 0. The molecule has 2 aromatic carbocycles. The third kappa shape index (κ3) is 3.00. The van der Waals surface area contributed by atoms with Crippen molar-refractivity contribution in [1.82, 2.24) is 4.72 Å². The van der Waals surface area contributed by atoms with Gasteiger partial charge in [0.2, 0.25) is 10.0 Å². The standard InChI is InChI=1S/C17H18N2O4S/c1-3-19-11-18-24(21,22)16-10-13(8-9-14(16)19)17(20)23-15-7-5-4-6-12(15)2/h4-10,18H,3,11H2,1-2H3. The molecular formula is C17H18N2O4S. The van der Waals surface area contributed by atoms with E-state index in [1.54, 1.807) is 24.3 Å². The molecule has 1 aliphatic heterocycles. The maximum Gasteiger partial charge on any atom is 0.343 e. The number of nitrogens with one attached hydrogen (secondary N) is 1. The van der Waals surface area contributed by atoms with Crippen LogP contribution in [0.25, 0.3) is 0 Å². The molecule has 0 aromatic heterocycles. The van der Waals surface area contributed by atoms with Crippen molar-refractivity contribution in [2.24, 2.45) is 0 Å². The van der Waals surface area contributed by atoms with Crippen LogP contribution in [0.4, 0.5) is 5.69 Å². The molecule has 0 bridgehead atoms. The molecule has 0 fully saturated rings. The number of fused-ring (bicyclic) bond motifs is 1. The summed E-state index contributed by atoms with van der Waals surface area (Å²) in [6.07, 6.45) is 0. The molecule has 0 atom stereocenters. The summed E-state index contributed by atoms with van der Waals surface area (Å²) in [6, 6.07) is 11.7. The number of nitrogens with zero attached hydrogens (tertiary/aromatic N) is 1. The number of carbonyl (C=O) groups excluding carboxylic acids is 1. The zero-order chi connectivity index (χ0) is 17.3. The second-order valence-corrected chi connectivity index (χ2v) is 7.23. The highest BCUT2D eigenvalue weighted by Crippen LogP contribution is 2.30. The van der Waals surface area contributed by atoms with Crippen LogP contribution in [0.3, 0.4) is 0 Å². The molecule has 1 N–H and O–H groups in total. The average molecular weight is 346 g/mol. The molecule has 2 aromatic rings. The third-order valence-electron chi connectivity index (χ3n) is 3.95. The van der Waals surface area contributed by atoms with Gasteiger partial charge in [-0.2, -0.15) is 4.72 Å². The van der Waals surface area contributed by atoms with Gasteiger partial charge < -0.3 is 9.64 Å². The van der Waals surface area contributed by atoms with E-state index >= 15 is 0 Å². The van der Waals surface area contributed by atoms with Crippen molar-refractivity contribution in [2.75, 3.05) is 18.1 Å². The van der Waals surface area contributed by atoms with E-state index in [9.17, 15) is 13.2 Å². The van der Waals surface area contributed by atoms with Gasteiger partial charge in [0.15, 0.2) is 0 Å². The highest BCUT2D eigenvalue weighted by Gasteiger charge is 2.28. The SMILES string of the molecule is CCN1CNS(=O)(=O)c2cc(C(=O)Oc3ccccc3C)ccc21. The fourth-order valence-corrected chi connectivity index (χ4v) is 3.79. The lowest BCUT2D eigenvalue weighted by Crippen LogP contribution is -2.43. The number of sulfonamides is 1. The van der Waals surface area contributed by atoms with Crippen LogP contribution in [0.15, 0.2) is 47.4 Å². The molecular weight excluding hydrogens is 328 g/mol. The molecule has 0 amide bonds. The quantitative estimate of drug-likeness (QED) is 0.682. The molecule has 7 heteroatoms. The summed E-state index contributed by atoms with van der Waals surface area (Å²) in [7, 11) is -3.62. The molecule has 0 saturated carbocycles. The number of hydrogen-bond donors (Lipinski definition) is 1. The van der Waals surface area contributed by atoms with Gasteiger partial charge in [-0.05, 0) is 43.7 Å². The summed E-state index contributed by atoms with van der Waals surface area (Å²) in [6.45, 7) is 4.65. The van der Waals surface area contributed by atoms with Gasteiger partial charge in [0.25, 0.3) is 0 Å². The summed E-state index contributed by atoms with van der Waals surface area (Å²) in [5.41, 5.74) is 1.61. The largest absolute Gasteiger partial charge is 0.423 e. The lowest BCUT2D eigenvalue weighted by atomic mass is 10.2. The molecule has 1 aliphatic rings. The molecule has 24 heavy (non-hydrogen) atoms. The van der Waals surface area contributed by atoms with Crippen LogP contribution < -0.4 is 14.4 Å². The van der Waals surface area contributed by atoms with E-state index in [4.69, 9.17) is 4.74 Å². The third-order valence-corrected chi connectivity index (χ3v) is 5.36. The molecule has 0 spiro atoms. The molecule has 6 nitrogen and oxygen atoms in total. The number of para-hydroxylation sites is 1. The summed E-state index contributed by atoms with van der Waals surface area (Å²) < 4.78 is 32.3. The van der Waals surface area contributed by atoms with Crippen LogP contribution in [-0.4, -0.2) is 27.6 Å². The highest BCUT2D eigenvalue weighted by molar-refractivity contribution is 7.89. The van der Waals surface area contributed by atoms with Crippen LogP contribution in [-0.2, 0) is 10.0 Å². The van der Waals surface area contributed by atoms with E-state index in [2.05, 4.69) is 4.72 Å². The normalized spacial score (nSPS) is 15.7. The molecule has 0 unspecified atom stereocenters. The summed E-state index contributed by atoms with van der Waals surface area (Å²) in [5, 5.41) is 0. The van der Waals surface area contributed by atoms with Gasteiger partial charge in [-0.25, -0.2) is 13.2 Å². The number of anilines is 1. The van der Waals surface area contributed by atoms with Crippen molar-refractivity contribution in [3.8, 4) is 5.75 Å². The van der Waals surface area contributed by atoms with E-state index in [1.807, 2.05) is 30.9 Å². The first kappa shape index (κ1) is 16.5. The second kappa shape index (κ2) is 6.26. The molecule has 0 aliphatic carbocycles. The highest BCUT2D eigenvalue weighted by atomic mass is 32.2. The van der Waals surface area contributed by atoms with Gasteiger partial charge in [0.1, 0.15) is 10.6 Å². The van der Waals surface area contributed by atoms with E-state index in [-0.39, 0.29) is 17.1 Å². The predicted octanol–water partition coefficient (Wildman–Crippen LogP) is 2.29. The molecule has 3 rings (SSSR count). The number of carbonyl (C=O) groups is 1. The van der Waals surface area contributed by atoms with Crippen LogP contribution in [0.5, 0.6) is 5.75 Å². The maximum absolute atomic E-state index is 12.4. The minimum atomic E-state index is -3.62. The topological polar surface area (TPSA) is 75.7 Å². The van der Waals surface area contributed by atoms with E-state index in [0.29, 0.717) is 18.0 Å². The Morgan fingerprint density at radius 3 is 2.71 bits per heavy atom. The Bertz CT molecular complexity index is 893. The lowest BCUT2D eigenvalue weighted by Gasteiger charge is -2.30. The van der Waals surface area contributed by atoms with Gasteiger partial charge in [-0.15, -0.1) is 0 Å². The summed E-state index contributed by atoms with van der Waals surface area (Å²) in [4.78, 5) is 14.3. The Morgan fingerprint density at radius 1 is 1.25 bits per heavy atom. The van der Waals surface area contributed by atoms with Gasteiger partial charge in [0, 0.05) is 6.54 Å². The second-order valence-electron chi connectivity index (χ2n) is 5.50. The van der Waals surface area contributed by atoms with E-state index in [1.165, 1.54) is 6.07 Å². The average Bonchev–Trinajstić information content (AvgIpc) is 2.57. The van der Waals surface area contributed by atoms with Crippen LogP contribution in [0.2, 0.25) is 0 Å². The first-order valence-electron chi connectivity index (χ1n) is 7.59. The Kier molecular flexibility index (Phi) is 4.29. The minimum absolute atomic E-state index is 0.0924. The number of rotatable bonds is 3. The smallest absolute Gasteiger partial charge is 0.343 e. The van der Waals surface area contributed by atoms with E-state index < -0.39 is 16.0 Å². The predicted molar refractivity (Wildman–Crippen MR) is 90.8 cm³/mol. The van der Waals surface area contributed by atoms with Crippen LogP contribution in [0, 0.1) is 6.92 Å². The lowest BCUT2D eigenvalue weighted by molar-refractivity contribution is 0.0733. The molecule has 126 valence electrons. The van der Waals surface area contributed by atoms with E-state index in [0.717, 1.165) is 5.56 Å². The first-order valence-corrected chi connectivity index (χ1v) is 9.07. The first-order chi connectivity index (χ1) is 11.4. The van der Waals surface area contributed by atoms with Gasteiger partial charge in [0.05, 0.1) is 17.9 Å². The zero-order valence-corrected chi connectivity index (χ0v) is 14.3. The van der Waals surface area contributed by atoms with Crippen molar-refractivity contribution in [3.63, 3.8) is 0 Å². The molecule has 0 saturated heterocycles. The maximum atomic E-state index is 12.4. The number of ether oxygens (including phenoxy) is 1. The van der Waals surface area contributed by atoms with Crippen LogP contribution in [0.1, 0.15) is 22.8 Å². The minimum Gasteiger partial charge on any atom is -0.423 e. The monoisotopic (exact) mass is 346 g/mol. The van der Waals surface area contributed by atoms with Crippen LogP contribution >= 0.6 is 0 Å². The number of esters is 1. The van der Waals surface area contributed by atoms with Crippen molar-refractivity contribution in [3.05, 3.63) is 53.6 Å². The fourth-order valence-electron chi connectivity index (χ4n) is 2.56. The Labute approximate surface area is 141 Å². The van der Waals surface area contributed by atoms with Crippen molar-refractivity contribution >= 4 is 21.7 Å². The Morgan fingerprint density at radius 2 is 2.00 bits per heavy atom. The molecule has 0 radical (unpaired) electrons. The van der Waals surface area contributed by atoms with Gasteiger partial charge in [-0.3, -0.25) is 0 Å². The number of hydrogen-bond acceptors (Lipinski definition) is 5. The Balaban J connectivity index is 1.96. The van der Waals surface area contributed by atoms with Gasteiger partial charge >= 0.3 is 5.97 Å². The van der Waals surface area contributed by atoms with Gasteiger partial charge in [-0.1, -0.05) is 18.2 Å². The van der Waals surface area contributed by atoms with Crippen molar-refractivity contribution in [1.29, 1.82) is 0 Å². The number of aryl methyl sites for hydroxylation is 1. The molecule has 1 heterocycles. The Hall–Kier alpha value is -2.38. The fraction of sp³-hybridized carbons (Fsp3) is 0.235. The number of benzene rings is 2. The van der Waals surface area contributed by atoms with Crippen molar-refractivity contribution in [2.45, 2.75) is 18.7 Å². The zero-order valence-electron chi connectivity index (χ0n) is 13.4.